The predicted octanol–water partition coefficient (Wildman–Crippen LogP) is 2.47. The van der Waals surface area contributed by atoms with Gasteiger partial charge in [0.25, 0.3) is 5.91 Å². The van der Waals surface area contributed by atoms with Crippen LogP contribution in [0, 0.1) is 0 Å². The summed E-state index contributed by atoms with van der Waals surface area (Å²) >= 11 is 11.8. The summed E-state index contributed by atoms with van der Waals surface area (Å²) in [5, 5.41) is 10.0. The van der Waals surface area contributed by atoms with Crippen LogP contribution in [0.5, 0.6) is 0 Å². The van der Waals surface area contributed by atoms with Crippen molar-refractivity contribution in [2.45, 2.75) is 6.42 Å². The Balaban J connectivity index is 0.00000729. The fourth-order valence-corrected chi connectivity index (χ4v) is 2.57. The molecule has 0 aliphatic rings. The van der Waals surface area contributed by atoms with E-state index in [1.165, 1.54) is 0 Å². The van der Waals surface area contributed by atoms with E-state index in [9.17, 15) is 4.79 Å². The summed E-state index contributed by atoms with van der Waals surface area (Å²) in [5.74, 6) is 0.500. The van der Waals surface area contributed by atoms with Crippen molar-refractivity contribution in [3.8, 4) is 0 Å². The van der Waals surface area contributed by atoms with Gasteiger partial charge in [0, 0.05) is 59.1 Å². The highest BCUT2D eigenvalue weighted by atomic mass is 127. The van der Waals surface area contributed by atoms with E-state index in [1.807, 2.05) is 0 Å². The van der Waals surface area contributed by atoms with Crippen LogP contribution in [0.15, 0.2) is 23.2 Å². The lowest BCUT2D eigenvalue weighted by Gasteiger charge is -2.18. The first-order chi connectivity index (χ1) is 13.0. The number of methoxy groups -OCH3 is 1. The maximum Gasteiger partial charge on any atom is 0.251 e. The van der Waals surface area contributed by atoms with Crippen molar-refractivity contribution in [3.05, 3.63) is 33.8 Å². The molecule has 0 aliphatic carbocycles. The van der Waals surface area contributed by atoms with Gasteiger partial charge in [-0.05, 0) is 31.7 Å². The zero-order valence-corrected chi connectivity index (χ0v) is 20.4. The third-order valence-corrected chi connectivity index (χ3v) is 4.52. The third-order valence-electron chi connectivity index (χ3n) is 3.78. The number of halogens is 3. The zero-order valence-electron chi connectivity index (χ0n) is 16.6. The number of amides is 1. The number of carbonyl (C=O) groups is 1. The molecule has 0 fully saturated rings. The van der Waals surface area contributed by atoms with Crippen LogP contribution in [0.3, 0.4) is 0 Å². The average Bonchev–Trinajstić information content (AvgIpc) is 2.65. The topological polar surface area (TPSA) is 78.0 Å². The first kappa shape index (κ1) is 27.2. The Morgan fingerprint density at radius 3 is 2.43 bits per heavy atom. The van der Waals surface area contributed by atoms with Crippen LogP contribution in [-0.2, 0) is 4.74 Å². The molecular formula is C18H30Cl2IN5O2. The van der Waals surface area contributed by atoms with Crippen molar-refractivity contribution in [1.29, 1.82) is 0 Å². The Hall–Kier alpha value is -0.810. The molecule has 0 radical (unpaired) electrons. The molecule has 7 nitrogen and oxygen atoms in total. The third kappa shape index (κ3) is 11.3. The molecule has 1 aromatic carbocycles. The van der Waals surface area contributed by atoms with Gasteiger partial charge in [0.1, 0.15) is 0 Å². The van der Waals surface area contributed by atoms with E-state index in [2.05, 4.69) is 32.9 Å². The second-order valence-electron chi connectivity index (χ2n) is 5.96. The summed E-state index contributed by atoms with van der Waals surface area (Å²) in [6, 6.07) is 4.80. The van der Waals surface area contributed by atoms with Crippen molar-refractivity contribution in [3.63, 3.8) is 0 Å². The van der Waals surface area contributed by atoms with Crippen LogP contribution in [0.4, 0.5) is 0 Å². The second kappa shape index (κ2) is 16.0. The molecule has 0 aromatic heterocycles. The van der Waals surface area contributed by atoms with E-state index < -0.39 is 0 Å². The number of likely N-dealkylation sites (N-methyl/N-ethyl adjacent to an activating group) is 1. The van der Waals surface area contributed by atoms with Crippen molar-refractivity contribution >= 4 is 59.0 Å². The number of aliphatic imine (C=N–C) groups is 1. The number of nitrogens with one attached hydrogen (secondary N) is 3. The van der Waals surface area contributed by atoms with Gasteiger partial charge in [0.05, 0.1) is 10.0 Å². The minimum atomic E-state index is -0.198. The van der Waals surface area contributed by atoms with E-state index in [1.54, 1.807) is 32.4 Å². The molecule has 3 N–H and O–H groups in total. The summed E-state index contributed by atoms with van der Waals surface area (Å²) in [6.45, 7) is 4.45. The molecule has 0 atom stereocenters. The molecule has 0 saturated heterocycles. The molecule has 0 aliphatic heterocycles. The predicted molar refractivity (Wildman–Crippen MR) is 128 cm³/mol. The van der Waals surface area contributed by atoms with Gasteiger partial charge in [-0.25, -0.2) is 0 Å². The number of guanidine groups is 1. The summed E-state index contributed by atoms with van der Waals surface area (Å²) in [4.78, 5) is 18.5. The molecular weight excluding hydrogens is 516 g/mol. The molecule has 0 heterocycles. The molecule has 10 heteroatoms. The summed E-state index contributed by atoms with van der Waals surface area (Å²) in [6.07, 6.45) is 1.01. The number of carbonyl (C=O) groups excluding carboxylic acids is 1. The van der Waals surface area contributed by atoms with Crippen LogP contribution < -0.4 is 16.0 Å². The molecule has 0 saturated carbocycles. The monoisotopic (exact) mass is 545 g/mol. The Morgan fingerprint density at radius 2 is 1.79 bits per heavy atom. The maximum atomic E-state index is 12.1. The largest absolute Gasteiger partial charge is 0.385 e. The van der Waals surface area contributed by atoms with Crippen LogP contribution >= 0.6 is 47.2 Å². The molecule has 1 aromatic rings. The Morgan fingerprint density at radius 1 is 1.11 bits per heavy atom. The van der Waals surface area contributed by atoms with Gasteiger partial charge in [0.15, 0.2) is 5.96 Å². The van der Waals surface area contributed by atoms with E-state index in [0.717, 1.165) is 32.7 Å². The number of hydrogen-bond donors (Lipinski definition) is 3. The molecule has 0 unspecified atom stereocenters. The maximum absolute atomic E-state index is 12.1. The Labute approximate surface area is 194 Å². The number of nitrogens with zero attached hydrogens (tertiary/aromatic N) is 2. The van der Waals surface area contributed by atoms with Gasteiger partial charge >= 0.3 is 0 Å². The van der Waals surface area contributed by atoms with Gasteiger partial charge in [-0.15, -0.1) is 24.0 Å². The van der Waals surface area contributed by atoms with Gasteiger partial charge in [-0.1, -0.05) is 23.2 Å². The molecule has 160 valence electrons. The van der Waals surface area contributed by atoms with E-state index in [-0.39, 0.29) is 29.9 Å². The van der Waals surface area contributed by atoms with Crippen LogP contribution in [0.1, 0.15) is 16.8 Å². The fraction of sp³-hybridized carbons (Fsp3) is 0.556. The van der Waals surface area contributed by atoms with Crippen molar-refractivity contribution in [2.75, 3.05) is 60.5 Å². The molecule has 28 heavy (non-hydrogen) atoms. The molecule has 0 spiro atoms. The lowest BCUT2D eigenvalue weighted by Crippen LogP contribution is -2.43. The summed E-state index contributed by atoms with van der Waals surface area (Å²) in [7, 11) is 5.50. The molecule has 1 rings (SSSR count). The van der Waals surface area contributed by atoms with Gasteiger partial charge in [0.2, 0.25) is 0 Å². The fourth-order valence-electron chi connectivity index (χ4n) is 2.27. The van der Waals surface area contributed by atoms with Crippen LogP contribution in [0.2, 0.25) is 10.0 Å². The first-order valence-corrected chi connectivity index (χ1v) is 9.58. The van der Waals surface area contributed by atoms with Gasteiger partial charge in [-0.2, -0.15) is 0 Å². The van der Waals surface area contributed by atoms with Crippen LogP contribution in [-0.4, -0.2) is 77.3 Å². The minimum Gasteiger partial charge on any atom is -0.385 e. The van der Waals surface area contributed by atoms with E-state index >= 15 is 0 Å². The molecule has 0 bridgehead atoms. The SMILES string of the molecule is CN=C(NCCNC(=O)c1ccc(Cl)c(Cl)c1)NCCN(C)CCCOC.I. The smallest absolute Gasteiger partial charge is 0.251 e. The summed E-state index contributed by atoms with van der Waals surface area (Å²) in [5.41, 5.74) is 0.475. The highest BCUT2D eigenvalue weighted by Gasteiger charge is 2.07. The highest BCUT2D eigenvalue weighted by molar-refractivity contribution is 14.0. The summed E-state index contributed by atoms with van der Waals surface area (Å²) < 4.78 is 5.05. The standard InChI is InChI=1S/C18H29Cl2N5O2.HI/c1-21-18(24-9-11-25(2)10-4-12-27-3)23-8-7-22-17(26)14-5-6-15(19)16(20)13-14;/h5-6,13H,4,7-12H2,1-3H3,(H,22,26)(H2,21,23,24);1H. The Bertz CT molecular complexity index is 620. The minimum absolute atomic E-state index is 0. The second-order valence-corrected chi connectivity index (χ2v) is 6.77. The lowest BCUT2D eigenvalue weighted by molar-refractivity contribution is 0.0954. The van der Waals surface area contributed by atoms with Crippen molar-refractivity contribution in [1.82, 2.24) is 20.9 Å². The average molecular weight is 546 g/mol. The normalized spacial score (nSPS) is 11.1. The molecule has 1 amide bonds. The number of hydrogen-bond acceptors (Lipinski definition) is 4. The van der Waals surface area contributed by atoms with Crippen molar-refractivity contribution < 1.29 is 9.53 Å². The quantitative estimate of drug-likeness (QED) is 0.172. The van der Waals surface area contributed by atoms with E-state index in [0.29, 0.717) is 34.7 Å². The zero-order chi connectivity index (χ0) is 20.1. The number of rotatable bonds is 11. The first-order valence-electron chi connectivity index (χ1n) is 8.83. The van der Waals surface area contributed by atoms with E-state index in [4.69, 9.17) is 27.9 Å². The number of ether oxygens (including phenoxy) is 1. The Kier molecular flexibility index (Phi) is 15.6. The van der Waals surface area contributed by atoms with Crippen molar-refractivity contribution in [2.24, 2.45) is 4.99 Å². The lowest BCUT2D eigenvalue weighted by atomic mass is 10.2. The highest BCUT2D eigenvalue weighted by Crippen LogP contribution is 2.22. The number of benzene rings is 1. The van der Waals surface area contributed by atoms with Crippen LogP contribution in [0.25, 0.3) is 0 Å². The van der Waals surface area contributed by atoms with Gasteiger partial charge in [-0.3, -0.25) is 9.79 Å². The van der Waals surface area contributed by atoms with Gasteiger partial charge < -0.3 is 25.6 Å².